The Labute approximate surface area is 179 Å². The number of hydrogen-bond donors (Lipinski definition) is 2. The van der Waals surface area contributed by atoms with E-state index < -0.39 is 0 Å². The number of halogens is 1. The number of hydrogen-bond acceptors (Lipinski definition) is 3. The highest BCUT2D eigenvalue weighted by atomic mass is 79.9. The number of nitrogens with one attached hydrogen (secondary N) is 2. The molecule has 0 spiro atoms. The van der Waals surface area contributed by atoms with Gasteiger partial charge in [-0.2, -0.15) is 0 Å². The van der Waals surface area contributed by atoms with Crippen molar-refractivity contribution < 1.29 is 9.59 Å². The molecule has 2 aromatic rings. The second-order valence-electron chi connectivity index (χ2n) is 6.98. The van der Waals surface area contributed by atoms with Crippen molar-refractivity contribution in [1.82, 2.24) is 5.32 Å². The Bertz CT molecular complexity index is 822. The zero-order valence-corrected chi connectivity index (χ0v) is 18.2. The number of anilines is 1. The molecule has 28 heavy (non-hydrogen) atoms. The van der Waals surface area contributed by atoms with Crippen LogP contribution in [0.25, 0.3) is 0 Å². The Kier molecular flexibility index (Phi) is 7.98. The predicted octanol–water partition coefficient (Wildman–Crippen LogP) is 5.38. The molecule has 1 fully saturated rings. The Balaban J connectivity index is 1.42. The molecule has 2 aromatic carbocycles. The summed E-state index contributed by atoms with van der Waals surface area (Å²) >= 11 is 5.18. The molecule has 148 valence electrons. The Morgan fingerprint density at radius 3 is 2.64 bits per heavy atom. The van der Waals surface area contributed by atoms with Crippen LogP contribution in [0.3, 0.4) is 0 Å². The molecule has 4 nitrogen and oxygen atoms in total. The normalized spacial score (nSPS) is 14.0. The molecule has 0 heterocycles. The van der Waals surface area contributed by atoms with Crippen molar-refractivity contribution in [3.05, 3.63) is 58.6 Å². The first kappa shape index (κ1) is 20.9. The van der Waals surface area contributed by atoms with Crippen molar-refractivity contribution >= 4 is 45.2 Å². The van der Waals surface area contributed by atoms with E-state index in [4.69, 9.17) is 0 Å². The number of thioether (sulfide) groups is 1. The first-order valence-electron chi connectivity index (χ1n) is 9.65. The smallest absolute Gasteiger partial charge is 0.227 e. The zero-order chi connectivity index (χ0) is 19.8. The maximum absolute atomic E-state index is 12.3. The average molecular weight is 461 g/mol. The van der Waals surface area contributed by atoms with Gasteiger partial charge in [-0.3, -0.25) is 9.59 Å². The summed E-state index contributed by atoms with van der Waals surface area (Å²) < 4.78 is 1.05. The van der Waals surface area contributed by atoms with Gasteiger partial charge in [0.15, 0.2) is 0 Å². The summed E-state index contributed by atoms with van der Waals surface area (Å²) in [5, 5.41) is 5.97. The number of carbonyl (C=O) groups is 2. The van der Waals surface area contributed by atoms with E-state index in [0.29, 0.717) is 13.0 Å². The van der Waals surface area contributed by atoms with Crippen LogP contribution in [0.2, 0.25) is 0 Å². The zero-order valence-electron chi connectivity index (χ0n) is 15.7. The lowest BCUT2D eigenvalue weighted by Crippen LogP contribution is -2.23. The molecule has 0 unspecified atom stereocenters. The highest BCUT2D eigenvalue weighted by Crippen LogP contribution is 2.27. The molecule has 1 aliphatic carbocycles. The molecule has 1 saturated carbocycles. The van der Waals surface area contributed by atoms with Crippen LogP contribution in [0, 0.1) is 5.92 Å². The van der Waals surface area contributed by atoms with Crippen molar-refractivity contribution in [2.24, 2.45) is 5.92 Å². The lowest BCUT2D eigenvalue weighted by molar-refractivity contribution is -0.121. The summed E-state index contributed by atoms with van der Waals surface area (Å²) in [5.74, 6) is 1.01. The molecule has 0 radical (unpaired) electrons. The van der Waals surface area contributed by atoms with Gasteiger partial charge < -0.3 is 10.6 Å². The van der Waals surface area contributed by atoms with Crippen LogP contribution >= 0.6 is 27.7 Å². The highest BCUT2D eigenvalue weighted by Gasteiger charge is 2.22. The van der Waals surface area contributed by atoms with Crippen molar-refractivity contribution in [2.45, 2.75) is 43.5 Å². The highest BCUT2D eigenvalue weighted by molar-refractivity contribution is 9.10. The molecule has 0 bridgehead atoms. The Morgan fingerprint density at radius 1 is 1.07 bits per heavy atom. The summed E-state index contributed by atoms with van der Waals surface area (Å²) in [6, 6.07) is 15.7. The van der Waals surface area contributed by atoms with Gasteiger partial charge in [-0.1, -0.05) is 37.1 Å². The third-order valence-corrected chi connectivity index (χ3v) is 6.86. The number of rotatable bonds is 8. The molecule has 6 heteroatoms. The summed E-state index contributed by atoms with van der Waals surface area (Å²) in [5.41, 5.74) is 1.78. The SMILES string of the molecule is O=C(CCSc1ccccc1Br)NCc1cccc(NC(=O)C2CCCC2)c1. The molecular formula is C22H25BrN2O2S. The monoisotopic (exact) mass is 460 g/mol. The van der Waals surface area contributed by atoms with Gasteiger partial charge in [-0.15, -0.1) is 11.8 Å². The lowest BCUT2D eigenvalue weighted by atomic mass is 10.1. The van der Waals surface area contributed by atoms with Gasteiger partial charge in [-0.05, 0) is 58.6 Å². The summed E-state index contributed by atoms with van der Waals surface area (Å²) in [6.45, 7) is 0.464. The second-order valence-corrected chi connectivity index (χ2v) is 8.97. The Hall–Kier alpha value is -1.79. The van der Waals surface area contributed by atoms with E-state index in [2.05, 4.69) is 26.6 Å². The van der Waals surface area contributed by atoms with E-state index in [1.165, 1.54) is 0 Å². The molecule has 0 atom stereocenters. The van der Waals surface area contributed by atoms with E-state index >= 15 is 0 Å². The van der Waals surface area contributed by atoms with Crippen LogP contribution in [0.15, 0.2) is 57.9 Å². The van der Waals surface area contributed by atoms with Crippen LogP contribution in [0.1, 0.15) is 37.7 Å². The van der Waals surface area contributed by atoms with Gasteiger partial charge in [0.1, 0.15) is 0 Å². The Morgan fingerprint density at radius 2 is 1.86 bits per heavy atom. The maximum Gasteiger partial charge on any atom is 0.227 e. The predicted molar refractivity (Wildman–Crippen MR) is 118 cm³/mol. The minimum Gasteiger partial charge on any atom is -0.352 e. The van der Waals surface area contributed by atoms with Gasteiger partial charge in [0.05, 0.1) is 0 Å². The third kappa shape index (κ3) is 6.38. The molecule has 3 rings (SSSR count). The van der Waals surface area contributed by atoms with E-state index in [1.807, 2.05) is 48.5 Å². The van der Waals surface area contributed by atoms with Crippen LogP contribution < -0.4 is 10.6 Å². The molecule has 2 amide bonds. The quantitative estimate of drug-likeness (QED) is 0.520. The van der Waals surface area contributed by atoms with E-state index in [0.717, 1.165) is 52.1 Å². The third-order valence-electron chi connectivity index (χ3n) is 4.83. The van der Waals surface area contributed by atoms with E-state index in [9.17, 15) is 9.59 Å². The molecule has 1 aliphatic rings. The summed E-state index contributed by atoms with van der Waals surface area (Å²) in [6.07, 6.45) is 4.72. The minimum absolute atomic E-state index is 0.0277. The van der Waals surface area contributed by atoms with Crippen LogP contribution in [-0.4, -0.2) is 17.6 Å². The minimum atomic E-state index is 0.0277. The van der Waals surface area contributed by atoms with Gasteiger partial charge in [0.25, 0.3) is 0 Å². The molecule has 0 aliphatic heterocycles. The van der Waals surface area contributed by atoms with Crippen molar-refractivity contribution in [3.8, 4) is 0 Å². The standard InChI is InChI=1S/C22H25BrN2O2S/c23-19-10-3-4-11-20(19)28-13-12-21(26)24-15-16-6-5-9-18(14-16)25-22(27)17-7-1-2-8-17/h3-6,9-11,14,17H,1-2,7-8,12-13,15H2,(H,24,26)(H,25,27). The summed E-state index contributed by atoms with van der Waals surface area (Å²) in [4.78, 5) is 25.5. The van der Waals surface area contributed by atoms with Crippen LogP contribution in [0.4, 0.5) is 5.69 Å². The molecule has 2 N–H and O–H groups in total. The molecule has 0 saturated heterocycles. The average Bonchev–Trinajstić information content (AvgIpc) is 3.23. The van der Waals surface area contributed by atoms with Gasteiger partial charge >= 0.3 is 0 Å². The van der Waals surface area contributed by atoms with Crippen LogP contribution in [0.5, 0.6) is 0 Å². The molecule has 0 aromatic heterocycles. The molecular weight excluding hydrogens is 436 g/mol. The number of amides is 2. The van der Waals surface area contributed by atoms with Crippen LogP contribution in [-0.2, 0) is 16.1 Å². The topological polar surface area (TPSA) is 58.2 Å². The fourth-order valence-corrected chi connectivity index (χ4v) is 4.81. The van der Waals surface area contributed by atoms with Crippen molar-refractivity contribution in [1.29, 1.82) is 0 Å². The van der Waals surface area contributed by atoms with Gasteiger partial charge in [-0.25, -0.2) is 0 Å². The van der Waals surface area contributed by atoms with Crippen molar-refractivity contribution in [3.63, 3.8) is 0 Å². The first-order valence-corrected chi connectivity index (χ1v) is 11.4. The van der Waals surface area contributed by atoms with Gasteiger partial charge in [0, 0.05) is 39.7 Å². The fraction of sp³-hybridized carbons (Fsp3) is 0.364. The second kappa shape index (κ2) is 10.7. The van der Waals surface area contributed by atoms with Crippen molar-refractivity contribution in [2.75, 3.05) is 11.1 Å². The largest absolute Gasteiger partial charge is 0.352 e. The summed E-state index contributed by atoms with van der Waals surface area (Å²) in [7, 11) is 0. The number of benzene rings is 2. The van der Waals surface area contributed by atoms with E-state index in [1.54, 1.807) is 11.8 Å². The lowest BCUT2D eigenvalue weighted by Gasteiger charge is -2.12. The number of carbonyl (C=O) groups excluding carboxylic acids is 2. The fourth-order valence-electron chi connectivity index (χ4n) is 3.30. The first-order chi connectivity index (χ1) is 13.6. The maximum atomic E-state index is 12.3. The van der Waals surface area contributed by atoms with Gasteiger partial charge in [0.2, 0.25) is 11.8 Å². The van der Waals surface area contributed by atoms with E-state index in [-0.39, 0.29) is 17.7 Å².